The van der Waals surface area contributed by atoms with Gasteiger partial charge in [0.2, 0.25) is 5.88 Å². The molecule has 1 rings (SSSR count). The summed E-state index contributed by atoms with van der Waals surface area (Å²) in [5.74, 6) is 0.566. The lowest BCUT2D eigenvalue weighted by Gasteiger charge is -2.14. The Hall–Kier alpha value is -1.78. The second kappa shape index (κ2) is 6.08. The Bertz CT molecular complexity index is 405. The Labute approximate surface area is 101 Å². The molecule has 0 aliphatic carbocycles. The number of aryl methyl sites for hydroxylation is 1. The predicted octanol–water partition coefficient (Wildman–Crippen LogP) is 2.05. The van der Waals surface area contributed by atoms with Crippen molar-refractivity contribution in [3.63, 3.8) is 0 Å². The Morgan fingerprint density at radius 2 is 2.29 bits per heavy atom. The summed E-state index contributed by atoms with van der Waals surface area (Å²) >= 11 is 0. The van der Waals surface area contributed by atoms with E-state index in [4.69, 9.17) is 15.7 Å². The van der Waals surface area contributed by atoms with Gasteiger partial charge in [-0.1, -0.05) is 18.5 Å². The normalized spacial score (nSPS) is 13.5. The summed E-state index contributed by atoms with van der Waals surface area (Å²) in [4.78, 5) is 4.26. The zero-order chi connectivity index (χ0) is 12.8. The Balaban J connectivity index is 2.90. The standard InChI is InChI=1S/C12H19N3O2/c1-4-5-9(3)17-11-7-10(12(13)15-16)6-8(2)14-11/h6-7,9,16H,4-5H2,1-3H3,(H2,13,15). The average molecular weight is 237 g/mol. The maximum Gasteiger partial charge on any atom is 0.214 e. The Kier molecular flexibility index (Phi) is 4.75. The van der Waals surface area contributed by atoms with E-state index in [1.807, 2.05) is 13.8 Å². The summed E-state index contributed by atoms with van der Waals surface area (Å²) in [6.07, 6.45) is 2.13. The van der Waals surface area contributed by atoms with Crippen molar-refractivity contribution in [1.29, 1.82) is 0 Å². The monoisotopic (exact) mass is 237 g/mol. The number of pyridine rings is 1. The molecular formula is C12H19N3O2. The van der Waals surface area contributed by atoms with E-state index in [9.17, 15) is 0 Å². The summed E-state index contributed by atoms with van der Waals surface area (Å²) < 4.78 is 5.67. The summed E-state index contributed by atoms with van der Waals surface area (Å²) in [5, 5.41) is 11.6. The van der Waals surface area contributed by atoms with E-state index in [-0.39, 0.29) is 11.9 Å². The van der Waals surface area contributed by atoms with Gasteiger partial charge >= 0.3 is 0 Å². The largest absolute Gasteiger partial charge is 0.475 e. The molecule has 0 aromatic carbocycles. The third kappa shape index (κ3) is 3.94. The van der Waals surface area contributed by atoms with Crippen LogP contribution in [0.15, 0.2) is 17.3 Å². The average Bonchev–Trinajstić information content (AvgIpc) is 2.27. The van der Waals surface area contributed by atoms with Gasteiger partial charge in [0, 0.05) is 17.3 Å². The first-order valence-corrected chi connectivity index (χ1v) is 5.70. The number of hydrogen-bond donors (Lipinski definition) is 2. The van der Waals surface area contributed by atoms with Crippen LogP contribution in [0.4, 0.5) is 0 Å². The minimum atomic E-state index is 0.0588. The van der Waals surface area contributed by atoms with Gasteiger partial charge in [-0.15, -0.1) is 0 Å². The fraction of sp³-hybridized carbons (Fsp3) is 0.500. The molecule has 1 aromatic rings. The number of hydrogen-bond acceptors (Lipinski definition) is 4. The summed E-state index contributed by atoms with van der Waals surface area (Å²) in [6.45, 7) is 5.94. The van der Waals surface area contributed by atoms with Crippen molar-refractivity contribution in [2.24, 2.45) is 10.9 Å². The van der Waals surface area contributed by atoms with Gasteiger partial charge in [-0.3, -0.25) is 0 Å². The summed E-state index contributed by atoms with van der Waals surface area (Å²) in [7, 11) is 0. The van der Waals surface area contributed by atoms with E-state index in [1.165, 1.54) is 0 Å². The number of ether oxygens (including phenoxy) is 1. The molecule has 0 saturated heterocycles. The fourth-order valence-electron chi connectivity index (χ4n) is 1.58. The molecule has 0 amide bonds. The van der Waals surface area contributed by atoms with Crippen LogP contribution < -0.4 is 10.5 Å². The van der Waals surface area contributed by atoms with Crippen LogP contribution in [-0.2, 0) is 0 Å². The molecule has 5 heteroatoms. The zero-order valence-electron chi connectivity index (χ0n) is 10.5. The lowest BCUT2D eigenvalue weighted by atomic mass is 10.2. The topological polar surface area (TPSA) is 80.7 Å². The van der Waals surface area contributed by atoms with Crippen LogP contribution in [-0.4, -0.2) is 22.1 Å². The molecule has 0 aliphatic heterocycles. The number of nitrogens with zero attached hydrogens (tertiary/aromatic N) is 2. The molecule has 94 valence electrons. The van der Waals surface area contributed by atoms with Gasteiger partial charge in [0.25, 0.3) is 0 Å². The van der Waals surface area contributed by atoms with Gasteiger partial charge in [0.15, 0.2) is 5.84 Å². The van der Waals surface area contributed by atoms with Gasteiger partial charge in [-0.25, -0.2) is 4.98 Å². The Morgan fingerprint density at radius 1 is 1.59 bits per heavy atom. The molecule has 0 saturated carbocycles. The SMILES string of the molecule is CCCC(C)Oc1cc(/C(N)=N/O)cc(C)n1. The van der Waals surface area contributed by atoms with E-state index in [0.29, 0.717) is 11.4 Å². The number of rotatable bonds is 5. The smallest absolute Gasteiger partial charge is 0.214 e. The third-order valence-corrected chi connectivity index (χ3v) is 2.35. The number of aromatic nitrogens is 1. The van der Waals surface area contributed by atoms with Crippen LogP contribution in [0.2, 0.25) is 0 Å². The van der Waals surface area contributed by atoms with Crippen molar-refractivity contribution in [2.75, 3.05) is 0 Å². The second-order valence-corrected chi connectivity index (χ2v) is 4.04. The zero-order valence-corrected chi connectivity index (χ0v) is 10.5. The fourth-order valence-corrected chi connectivity index (χ4v) is 1.58. The highest BCUT2D eigenvalue weighted by atomic mass is 16.5. The quantitative estimate of drug-likeness (QED) is 0.355. The molecule has 0 bridgehead atoms. The van der Waals surface area contributed by atoms with Gasteiger partial charge in [0.1, 0.15) is 0 Å². The lowest BCUT2D eigenvalue weighted by molar-refractivity contribution is 0.201. The maximum absolute atomic E-state index is 8.64. The van der Waals surface area contributed by atoms with Gasteiger partial charge in [-0.05, 0) is 26.3 Å². The van der Waals surface area contributed by atoms with Crippen LogP contribution in [0.25, 0.3) is 0 Å². The van der Waals surface area contributed by atoms with Crippen molar-refractivity contribution in [1.82, 2.24) is 4.98 Å². The number of oxime groups is 1. The number of nitrogens with two attached hydrogens (primary N) is 1. The first kappa shape index (κ1) is 13.3. The summed E-state index contributed by atoms with van der Waals surface area (Å²) in [5.41, 5.74) is 6.92. The van der Waals surface area contributed by atoms with E-state index in [2.05, 4.69) is 17.1 Å². The minimum Gasteiger partial charge on any atom is -0.475 e. The predicted molar refractivity (Wildman–Crippen MR) is 66.5 cm³/mol. The molecule has 5 nitrogen and oxygen atoms in total. The van der Waals surface area contributed by atoms with Crippen LogP contribution in [0, 0.1) is 6.92 Å². The van der Waals surface area contributed by atoms with Crippen molar-refractivity contribution in [3.8, 4) is 5.88 Å². The highest BCUT2D eigenvalue weighted by Crippen LogP contribution is 2.15. The third-order valence-electron chi connectivity index (χ3n) is 2.35. The molecule has 0 radical (unpaired) electrons. The second-order valence-electron chi connectivity index (χ2n) is 4.04. The molecule has 0 aliphatic rings. The first-order chi connectivity index (χ1) is 8.06. The molecule has 0 fully saturated rings. The molecule has 0 spiro atoms. The van der Waals surface area contributed by atoms with E-state index in [1.54, 1.807) is 12.1 Å². The van der Waals surface area contributed by atoms with E-state index < -0.39 is 0 Å². The maximum atomic E-state index is 8.64. The molecule has 17 heavy (non-hydrogen) atoms. The molecular weight excluding hydrogens is 218 g/mol. The Morgan fingerprint density at radius 3 is 2.88 bits per heavy atom. The van der Waals surface area contributed by atoms with Crippen LogP contribution in [0.5, 0.6) is 5.88 Å². The molecule has 3 N–H and O–H groups in total. The number of amidine groups is 1. The van der Waals surface area contributed by atoms with Crippen molar-refractivity contribution in [3.05, 3.63) is 23.4 Å². The molecule has 1 aromatic heterocycles. The van der Waals surface area contributed by atoms with Gasteiger partial charge < -0.3 is 15.7 Å². The van der Waals surface area contributed by atoms with Crippen molar-refractivity contribution >= 4 is 5.84 Å². The highest BCUT2D eigenvalue weighted by Gasteiger charge is 2.08. The van der Waals surface area contributed by atoms with Gasteiger partial charge in [-0.2, -0.15) is 0 Å². The molecule has 1 unspecified atom stereocenters. The molecule has 1 atom stereocenters. The summed E-state index contributed by atoms with van der Waals surface area (Å²) in [6, 6.07) is 3.42. The minimum absolute atomic E-state index is 0.0588. The van der Waals surface area contributed by atoms with Gasteiger partial charge in [0.05, 0.1) is 6.10 Å². The van der Waals surface area contributed by atoms with Crippen molar-refractivity contribution < 1.29 is 9.94 Å². The van der Waals surface area contributed by atoms with Crippen LogP contribution in [0.3, 0.4) is 0 Å². The van der Waals surface area contributed by atoms with Crippen LogP contribution >= 0.6 is 0 Å². The molecule has 1 heterocycles. The highest BCUT2D eigenvalue weighted by molar-refractivity contribution is 5.97. The van der Waals surface area contributed by atoms with Crippen LogP contribution in [0.1, 0.15) is 37.9 Å². The first-order valence-electron chi connectivity index (χ1n) is 5.70. The van der Waals surface area contributed by atoms with Crippen molar-refractivity contribution in [2.45, 2.75) is 39.7 Å². The lowest BCUT2D eigenvalue weighted by Crippen LogP contribution is -2.16. The van der Waals surface area contributed by atoms with E-state index >= 15 is 0 Å². The van der Waals surface area contributed by atoms with E-state index in [0.717, 1.165) is 18.5 Å².